The Labute approximate surface area is 122 Å². The molecular weight excluding hydrogens is 274 g/mol. The number of rotatable bonds is 3. The molecule has 1 saturated heterocycles. The Balaban J connectivity index is 1.62. The molecule has 2 heterocycles. The molecule has 1 aromatic rings. The molecule has 1 amide bonds. The minimum absolute atomic E-state index is 0.0266. The van der Waals surface area contributed by atoms with Crippen LogP contribution in [0.15, 0.2) is 0 Å². The van der Waals surface area contributed by atoms with Gasteiger partial charge in [-0.15, -0.1) is 11.3 Å². The molecule has 3 rings (SSSR count). The fourth-order valence-electron chi connectivity index (χ4n) is 2.84. The molecule has 1 aliphatic heterocycles. The number of carbonyl (C=O) groups is 1. The topological polar surface area (TPSA) is 77.2 Å². The second-order valence-electron chi connectivity index (χ2n) is 5.50. The Morgan fingerprint density at radius 1 is 1.35 bits per heavy atom. The summed E-state index contributed by atoms with van der Waals surface area (Å²) in [5.74, 6) is -0.0788. The van der Waals surface area contributed by atoms with Gasteiger partial charge in [0.25, 0.3) is 5.91 Å². The molecule has 0 radical (unpaired) electrons. The van der Waals surface area contributed by atoms with Crippen LogP contribution in [0.4, 0.5) is 5.13 Å². The van der Waals surface area contributed by atoms with Crippen LogP contribution in [0, 0.1) is 0 Å². The highest BCUT2D eigenvalue weighted by Crippen LogP contribution is 2.29. The van der Waals surface area contributed by atoms with E-state index in [0.29, 0.717) is 6.54 Å². The fourth-order valence-corrected chi connectivity index (χ4v) is 3.89. The molecule has 0 aromatic carbocycles. The van der Waals surface area contributed by atoms with E-state index in [4.69, 9.17) is 10.5 Å². The van der Waals surface area contributed by atoms with Gasteiger partial charge in [-0.05, 0) is 38.5 Å². The maximum atomic E-state index is 12.1. The Morgan fingerprint density at radius 2 is 2.20 bits per heavy atom. The molecule has 110 valence electrons. The van der Waals surface area contributed by atoms with Crippen molar-refractivity contribution in [1.29, 1.82) is 0 Å². The van der Waals surface area contributed by atoms with Crippen LogP contribution in [0.2, 0.25) is 0 Å². The number of amides is 1. The minimum atomic E-state index is -0.368. The first-order valence-electron chi connectivity index (χ1n) is 7.41. The highest BCUT2D eigenvalue weighted by atomic mass is 32.1. The van der Waals surface area contributed by atoms with Crippen LogP contribution in [-0.2, 0) is 22.4 Å². The first-order chi connectivity index (χ1) is 9.76. The Bertz CT molecular complexity index is 465. The molecule has 0 bridgehead atoms. The summed E-state index contributed by atoms with van der Waals surface area (Å²) in [4.78, 5) is 18.1. The summed E-state index contributed by atoms with van der Waals surface area (Å²) in [6.07, 6.45) is 7.12. The third-order valence-electron chi connectivity index (χ3n) is 3.99. The second kappa shape index (κ2) is 6.20. The number of aromatic nitrogens is 1. The van der Waals surface area contributed by atoms with E-state index < -0.39 is 0 Å². The van der Waals surface area contributed by atoms with Crippen LogP contribution in [0.5, 0.6) is 0 Å². The van der Waals surface area contributed by atoms with Crippen molar-refractivity contribution in [3.8, 4) is 0 Å². The van der Waals surface area contributed by atoms with E-state index in [1.165, 1.54) is 29.8 Å². The summed E-state index contributed by atoms with van der Waals surface area (Å²) in [6.45, 7) is 0.481. The maximum Gasteiger partial charge on any atom is 0.255 e. The molecule has 0 unspecified atom stereocenters. The van der Waals surface area contributed by atoms with Gasteiger partial charge in [-0.2, -0.15) is 0 Å². The van der Waals surface area contributed by atoms with Gasteiger partial charge in [-0.1, -0.05) is 6.42 Å². The predicted molar refractivity (Wildman–Crippen MR) is 79.0 cm³/mol. The molecule has 3 N–H and O–H groups in total. The molecule has 20 heavy (non-hydrogen) atoms. The van der Waals surface area contributed by atoms with E-state index in [2.05, 4.69) is 10.3 Å². The van der Waals surface area contributed by atoms with Crippen LogP contribution < -0.4 is 11.1 Å². The molecule has 0 saturated carbocycles. The molecule has 1 aliphatic carbocycles. The maximum absolute atomic E-state index is 12.1. The van der Waals surface area contributed by atoms with Crippen molar-refractivity contribution >= 4 is 22.4 Å². The highest BCUT2D eigenvalue weighted by Gasteiger charge is 2.30. The zero-order chi connectivity index (χ0) is 13.9. The number of nitrogens with one attached hydrogen (secondary N) is 1. The molecule has 1 fully saturated rings. The number of aryl methyl sites for hydroxylation is 2. The van der Waals surface area contributed by atoms with E-state index in [1.807, 2.05) is 0 Å². The molecule has 6 heteroatoms. The van der Waals surface area contributed by atoms with Gasteiger partial charge >= 0.3 is 0 Å². The largest absolute Gasteiger partial charge is 0.364 e. The number of thiazole rings is 1. The normalized spacial score (nSPS) is 26.1. The van der Waals surface area contributed by atoms with Gasteiger partial charge in [-0.25, -0.2) is 4.98 Å². The van der Waals surface area contributed by atoms with Gasteiger partial charge in [0.05, 0.1) is 11.8 Å². The number of hydrogen-bond donors (Lipinski definition) is 2. The fraction of sp³-hybridized carbons (Fsp3) is 0.714. The second-order valence-corrected chi connectivity index (χ2v) is 6.58. The Morgan fingerprint density at radius 3 is 3.00 bits per heavy atom. The lowest BCUT2D eigenvalue weighted by molar-refractivity contribution is -0.126. The average molecular weight is 295 g/mol. The zero-order valence-corrected chi connectivity index (χ0v) is 12.4. The van der Waals surface area contributed by atoms with Gasteiger partial charge in [-0.3, -0.25) is 10.1 Å². The lowest BCUT2D eigenvalue weighted by Gasteiger charge is -2.11. The van der Waals surface area contributed by atoms with Gasteiger partial charge < -0.3 is 10.5 Å². The van der Waals surface area contributed by atoms with Crippen molar-refractivity contribution in [3.05, 3.63) is 10.6 Å². The van der Waals surface area contributed by atoms with Crippen molar-refractivity contribution in [2.45, 2.75) is 57.2 Å². The minimum Gasteiger partial charge on any atom is -0.364 e. The number of ether oxygens (including phenoxy) is 1. The van der Waals surface area contributed by atoms with E-state index >= 15 is 0 Å². The molecule has 2 aliphatic rings. The molecule has 1 aromatic heterocycles. The van der Waals surface area contributed by atoms with Crippen LogP contribution in [0.25, 0.3) is 0 Å². The number of carbonyl (C=O) groups excluding carboxylic acids is 1. The van der Waals surface area contributed by atoms with Crippen molar-refractivity contribution in [2.75, 3.05) is 11.9 Å². The standard InChI is InChI=1S/C14H21N3O2S/c15-8-9-6-7-11(19-9)13(18)17-14-16-10-4-2-1-3-5-12(10)20-14/h9,11H,1-8,15H2,(H,16,17,18)/t9-,11+/m1/s1. The summed E-state index contributed by atoms with van der Waals surface area (Å²) in [5.41, 5.74) is 6.74. The van der Waals surface area contributed by atoms with Crippen LogP contribution in [0.3, 0.4) is 0 Å². The molecule has 0 spiro atoms. The smallest absolute Gasteiger partial charge is 0.255 e. The van der Waals surface area contributed by atoms with Gasteiger partial charge in [0.2, 0.25) is 0 Å². The molecule has 2 atom stereocenters. The summed E-state index contributed by atoms with van der Waals surface area (Å²) >= 11 is 1.62. The van der Waals surface area contributed by atoms with Crippen molar-refractivity contribution in [2.24, 2.45) is 5.73 Å². The number of fused-ring (bicyclic) bond motifs is 1. The monoisotopic (exact) mass is 295 g/mol. The SMILES string of the molecule is NC[C@H]1CC[C@@H](C(=O)Nc2nc3c(s2)CCCCC3)O1. The third kappa shape index (κ3) is 3.02. The van der Waals surface area contributed by atoms with Crippen molar-refractivity contribution in [1.82, 2.24) is 4.98 Å². The summed E-state index contributed by atoms with van der Waals surface area (Å²) < 4.78 is 5.61. The van der Waals surface area contributed by atoms with E-state index in [-0.39, 0.29) is 18.1 Å². The van der Waals surface area contributed by atoms with E-state index in [9.17, 15) is 4.79 Å². The lowest BCUT2D eigenvalue weighted by Crippen LogP contribution is -2.29. The molecule has 5 nitrogen and oxygen atoms in total. The van der Waals surface area contributed by atoms with Gasteiger partial charge in [0, 0.05) is 11.4 Å². The lowest BCUT2D eigenvalue weighted by atomic mass is 10.2. The number of hydrogen-bond acceptors (Lipinski definition) is 5. The Kier molecular flexibility index (Phi) is 4.33. The number of nitrogens with two attached hydrogens (primary N) is 1. The first kappa shape index (κ1) is 14.0. The predicted octanol–water partition coefficient (Wildman–Crippen LogP) is 1.86. The summed E-state index contributed by atoms with van der Waals surface area (Å²) in [5, 5.41) is 3.63. The van der Waals surface area contributed by atoms with Crippen LogP contribution in [-0.4, -0.2) is 29.6 Å². The van der Waals surface area contributed by atoms with Crippen molar-refractivity contribution in [3.63, 3.8) is 0 Å². The highest BCUT2D eigenvalue weighted by molar-refractivity contribution is 7.15. The average Bonchev–Trinajstić information content (AvgIpc) is 3.01. The summed E-state index contributed by atoms with van der Waals surface area (Å²) in [6, 6.07) is 0. The van der Waals surface area contributed by atoms with Crippen molar-refractivity contribution < 1.29 is 9.53 Å². The quantitative estimate of drug-likeness (QED) is 0.834. The first-order valence-corrected chi connectivity index (χ1v) is 8.23. The number of anilines is 1. The van der Waals surface area contributed by atoms with E-state index in [0.717, 1.165) is 30.8 Å². The number of nitrogens with zero attached hydrogens (tertiary/aromatic N) is 1. The Hall–Kier alpha value is -0.980. The molecular formula is C14H21N3O2S. The van der Waals surface area contributed by atoms with Gasteiger partial charge in [0.15, 0.2) is 5.13 Å². The van der Waals surface area contributed by atoms with E-state index in [1.54, 1.807) is 11.3 Å². The summed E-state index contributed by atoms with van der Waals surface area (Å²) in [7, 11) is 0. The van der Waals surface area contributed by atoms with Crippen LogP contribution in [0.1, 0.15) is 42.7 Å². The van der Waals surface area contributed by atoms with Gasteiger partial charge in [0.1, 0.15) is 6.10 Å². The van der Waals surface area contributed by atoms with Crippen LogP contribution >= 0.6 is 11.3 Å². The zero-order valence-electron chi connectivity index (χ0n) is 11.6. The third-order valence-corrected chi connectivity index (χ3v) is 5.06.